The predicted molar refractivity (Wildman–Crippen MR) is 129 cm³/mol. The van der Waals surface area contributed by atoms with E-state index in [1.807, 2.05) is 35.0 Å². The van der Waals surface area contributed by atoms with Gasteiger partial charge < -0.3 is 5.32 Å². The molecule has 1 saturated carbocycles. The van der Waals surface area contributed by atoms with Crippen molar-refractivity contribution < 1.29 is 13.2 Å². The average molecular weight is 486 g/mol. The first-order chi connectivity index (χ1) is 15.8. The van der Waals surface area contributed by atoms with E-state index in [1.54, 1.807) is 6.92 Å². The Morgan fingerprint density at radius 1 is 1.09 bits per heavy atom. The van der Waals surface area contributed by atoms with E-state index in [9.17, 15) is 13.2 Å². The molecule has 1 fully saturated rings. The third-order valence-electron chi connectivity index (χ3n) is 5.69. The quantitative estimate of drug-likeness (QED) is 0.487. The van der Waals surface area contributed by atoms with Gasteiger partial charge in [-0.15, -0.1) is 5.10 Å². The molecular weight excluding hydrogens is 458 g/mol. The molecule has 0 spiro atoms. The summed E-state index contributed by atoms with van der Waals surface area (Å²) in [5.41, 5.74) is 1.45. The SMILES string of the molecule is C[C@@H](Sc1nc(C2CCCCC2)n(-c2ccccc2)n1)C(=O)Nc1ccc(S(N)(=O)=O)cc1. The minimum Gasteiger partial charge on any atom is -0.325 e. The van der Waals surface area contributed by atoms with Crippen LogP contribution in [-0.4, -0.2) is 34.3 Å². The highest BCUT2D eigenvalue weighted by atomic mass is 32.2. The number of rotatable bonds is 7. The number of sulfonamides is 1. The predicted octanol–water partition coefficient (Wildman–Crippen LogP) is 4.08. The van der Waals surface area contributed by atoms with Crippen LogP contribution in [0.2, 0.25) is 0 Å². The Morgan fingerprint density at radius 2 is 1.76 bits per heavy atom. The summed E-state index contributed by atoms with van der Waals surface area (Å²) in [6.07, 6.45) is 5.84. The first-order valence-electron chi connectivity index (χ1n) is 10.9. The van der Waals surface area contributed by atoms with Gasteiger partial charge in [0.2, 0.25) is 21.1 Å². The molecular formula is C23H27N5O3S2. The summed E-state index contributed by atoms with van der Waals surface area (Å²) in [7, 11) is -3.77. The molecule has 174 valence electrons. The summed E-state index contributed by atoms with van der Waals surface area (Å²) in [4.78, 5) is 17.6. The van der Waals surface area contributed by atoms with E-state index in [4.69, 9.17) is 15.2 Å². The smallest absolute Gasteiger partial charge is 0.238 e. The fourth-order valence-electron chi connectivity index (χ4n) is 3.92. The normalized spacial score (nSPS) is 15.8. The van der Waals surface area contributed by atoms with Crippen molar-refractivity contribution in [1.29, 1.82) is 0 Å². The van der Waals surface area contributed by atoms with Crippen molar-refractivity contribution in [3.63, 3.8) is 0 Å². The zero-order chi connectivity index (χ0) is 23.4. The van der Waals surface area contributed by atoms with Gasteiger partial charge in [0.05, 0.1) is 15.8 Å². The van der Waals surface area contributed by atoms with Gasteiger partial charge in [-0.3, -0.25) is 4.79 Å². The monoisotopic (exact) mass is 485 g/mol. The maximum absolute atomic E-state index is 12.7. The molecule has 1 aliphatic rings. The van der Waals surface area contributed by atoms with E-state index in [0.29, 0.717) is 16.8 Å². The lowest BCUT2D eigenvalue weighted by atomic mass is 9.88. The van der Waals surface area contributed by atoms with E-state index in [1.165, 1.54) is 55.3 Å². The third kappa shape index (κ3) is 5.82. The summed E-state index contributed by atoms with van der Waals surface area (Å²) in [5.74, 6) is 1.09. The molecule has 4 rings (SSSR count). The van der Waals surface area contributed by atoms with Crippen LogP contribution in [0.3, 0.4) is 0 Å². The van der Waals surface area contributed by atoms with E-state index in [-0.39, 0.29) is 10.8 Å². The molecule has 0 bridgehead atoms. The highest BCUT2D eigenvalue weighted by molar-refractivity contribution is 8.00. The number of nitrogens with one attached hydrogen (secondary N) is 1. The molecule has 0 radical (unpaired) electrons. The molecule has 0 aliphatic heterocycles. The van der Waals surface area contributed by atoms with Crippen LogP contribution in [0.25, 0.3) is 5.69 Å². The van der Waals surface area contributed by atoms with E-state index >= 15 is 0 Å². The number of nitrogens with zero attached hydrogens (tertiary/aromatic N) is 3. The summed E-state index contributed by atoms with van der Waals surface area (Å²) in [6, 6.07) is 15.7. The number of carbonyl (C=O) groups is 1. The van der Waals surface area contributed by atoms with Crippen molar-refractivity contribution in [3.05, 3.63) is 60.4 Å². The van der Waals surface area contributed by atoms with Crippen molar-refractivity contribution in [2.75, 3.05) is 5.32 Å². The van der Waals surface area contributed by atoms with Gasteiger partial charge >= 0.3 is 0 Å². The van der Waals surface area contributed by atoms with Crippen LogP contribution < -0.4 is 10.5 Å². The van der Waals surface area contributed by atoms with Gasteiger partial charge in [-0.05, 0) is 56.2 Å². The number of para-hydroxylation sites is 1. The highest BCUT2D eigenvalue weighted by Crippen LogP contribution is 2.34. The van der Waals surface area contributed by atoms with Gasteiger partial charge in [0.15, 0.2) is 0 Å². The molecule has 33 heavy (non-hydrogen) atoms. The van der Waals surface area contributed by atoms with Crippen molar-refractivity contribution in [3.8, 4) is 5.69 Å². The Bertz CT molecular complexity index is 1200. The Kier molecular flexibility index (Phi) is 7.16. The zero-order valence-electron chi connectivity index (χ0n) is 18.3. The fraction of sp³-hybridized carbons (Fsp3) is 0.348. The molecule has 8 nitrogen and oxygen atoms in total. The van der Waals surface area contributed by atoms with Crippen molar-refractivity contribution in [2.45, 2.75) is 60.2 Å². The average Bonchev–Trinajstić information content (AvgIpc) is 3.24. The van der Waals surface area contributed by atoms with Gasteiger partial charge in [-0.1, -0.05) is 49.2 Å². The van der Waals surface area contributed by atoms with Crippen LogP contribution in [0.1, 0.15) is 50.8 Å². The Labute approximate surface area is 198 Å². The van der Waals surface area contributed by atoms with Crippen LogP contribution >= 0.6 is 11.8 Å². The molecule has 10 heteroatoms. The Morgan fingerprint density at radius 3 is 2.39 bits per heavy atom. The standard InChI is InChI=1S/C23H27N5O3S2/c1-16(22(29)25-18-12-14-20(15-13-18)33(24,30)31)32-23-26-21(17-8-4-2-5-9-17)28(27-23)19-10-6-3-7-11-19/h3,6-7,10-17H,2,4-5,8-9H2,1H3,(H,25,29)(H2,24,30,31)/t16-/m1/s1. The van der Waals surface area contributed by atoms with Gasteiger partial charge in [0, 0.05) is 11.6 Å². The van der Waals surface area contributed by atoms with Gasteiger partial charge in [0.25, 0.3) is 0 Å². The van der Waals surface area contributed by atoms with Crippen LogP contribution in [0.5, 0.6) is 0 Å². The lowest BCUT2D eigenvalue weighted by Crippen LogP contribution is -2.22. The number of benzene rings is 2. The van der Waals surface area contributed by atoms with Gasteiger partial charge in [-0.2, -0.15) is 0 Å². The Hall–Kier alpha value is -2.69. The Balaban J connectivity index is 1.49. The molecule has 1 aliphatic carbocycles. The maximum atomic E-state index is 12.7. The molecule has 2 aromatic carbocycles. The third-order valence-corrected chi connectivity index (χ3v) is 7.57. The van der Waals surface area contributed by atoms with Crippen LogP contribution in [0.4, 0.5) is 5.69 Å². The van der Waals surface area contributed by atoms with Crippen molar-refractivity contribution in [2.24, 2.45) is 5.14 Å². The highest BCUT2D eigenvalue weighted by Gasteiger charge is 2.25. The lowest BCUT2D eigenvalue weighted by molar-refractivity contribution is -0.115. The molecule has 0 saturated heterocycles. The molecule has 3 N–H and O–H groups in total. The number of thioether (sulfide) groups is 1. The second-order valence-corrected chi connectivity index (χ2v) is 11.0. The van der Waals surface area contributed by atoms with E-state index in [2.05, 4.69) is 5.32 Å². The second kappa shape index (κ2) is 10.1. The summed E-state index contributed by atoms with van der Waals surface area (Å²) in [6.45, 7) is 1.79. The van der Waals surface area contributed by atoms with Gasteiger partial charge in [0.1, 0.15) is 5.82 Å². The lowest BCUT2D eigenvalue weighted by Gasteiger charge is -2.21. The zero-order valence-corrected chi connectivity index (χ0v) is 20.0. The molecule has 0 unspecified atom stereocenters. The van der Waals surface area contributed by atoms with Crippen LogP contribution in [-0.2, 0) is 14.8 Å². The largest absolute Gasteiger partial charge is 0.325 e. The van der Waals surface area contributed by atoms with E-state index < -0.39 is 15.3 Å². The molecule has 3 aromatic rings. The minimum atomic E-state index is -3.77. The summed E-state index contributed by atoms with van der Waals surface area (Å²) in [5, 5.41) is 12.8. The van der Waals surface area contributed by atoms with E-state index in [0.717, 1.165) is 24.4 Å². The summed E-state index contributed by atoms with van der Waals surface area (Å²) < 4.78 is 24.7. The number of aromatic nitrogens is 3. The maximum Gasteiger partial charge on any atom is 0.238 e. The minimum absolute atomic E-state index is 0.00573. The molecule has 1 atom stereocenters. The number of primary sulfonamides is 1. The number of anilines is 1. The van der Waals surface area contributed by atoms with Crippen LogP contribution in [0, 0.1) is 0 Å². The van der Waals surface area contributed by atoms with Crippen LogP contribution in [0.15, 0.2) is 64.6 Å². The topological polar surface area (TPSA) is 120 Å². The fourth-order valence-corrected chi connectivity index (χ4v) is 5.19. The number of nitrogens with two attached hydrogens (primary N) is 1. The number of amides is 1. The number of hydrogen-bond donors (Lipinski definition) is 2. The number of hydrogen-bond acceptors (Lipinski definition) is 6. The number of carbonyl (C=O) groups excluding carboxylic acids is 1. The van der Waals surface area contributed by atoms with Crippen molar-refractivity contribution in [1.82, 2.24) is 14.8 Å². The molecule has 1 aromatic heterocycles. The first kappa shape index (κ1) is 23.5. The second-order valence-electron chi connectivity index (χ2n) is 8.15. The first-order valence-corrected chi connectivity index (χ1v) is 13.4. The molecule has 1 amide bonds. The van der Waals surface area contributed by atoms with Crippen molar-refractivity contribution >= 4 is 33.4 Å². The van der Waals surface area contributed by atoms with Gasteiger partial charge in [-0.25, -0.2) is 23.2 Å². The molecule has 1 heterocycles. The summed E-state index contributed by atoms with van der Waals surface area (Å²) >= 11 is 1.30.